The van der Waals surface area contributed by atoms with Crippen LogP contribution in [0.4, 0.5) is 13.2 Å². The first kappa shape index (κ1) is 17.3. The van der Waals surface area contributed by atoms with Crippen LogP contribution in [0.1, 0.15) is 30.0 Å². The SMILES string of the molecule is FC(F)(F)c1ccc(-c2cc(-c3cccc(Br)c3)nc(C3CC3)c2)cc1. The fourth-order valence-corrected chi connectivity index (χ4v) is 3.35. The maximum absolute atomic E-state index is 12.8. The van der Waals surface area contributed by atoms with Gasteiger partial charge in [-0.1, -0.05) is 40.2 Å². The molecule has 0 spiro atoms. The third kappa shape index (κ3) is 3.68. The van der Waals surface area contributed by atoms with Gasteiger partial charge in [-0.3, -0.25) is 4.98 Å². The fourth-order valence-electron chi connectivity index (χ4n) is 2.95. The van der Waals surface area contributed by atoms with Gasteiger partial charge in [0.25, 0.3) is 0 Å². The first-order valence-corrected chi connectivity index (χ1v) is 9.15. The summed E-state index contributed by atoms with van der Waals surface area (Å²) in [6.45, 7) is 0. The summed E-state index contributed by atoms with van der Waals surface area (Å²) in [5.41, 5.74) is 3.85. The minimum Gasteiger partial charge on any atom is -0.253 e. The molecule has 5 heteroatoms. The molecule has 1 fully saturated rings. The Labute approximate surface area is 158 Å². The van der Waals surface area contributed by atoms with Crippen molar-refractivity contribution in [1.82, 2.24) is 4.98 Å². The molecule has 132 valence electrons. The maximum Gasteiger partial charge on any atom is 0.416 e. The number of benzene rings is 2. The molecule has 0 N–H and O–H groups in total. The van der Waals surface area contributed by atoms with Gasteiger partial charge in [-0.25, -0.2) is 0 Å². The van der Waals surface area contributed by atoms with Crippen molar-refractivity contribution >= 4 is 15.9 Å². The maximum atomic E-state index is 12.8. The largest absolute Gasteiger partial charge is 0.416 e. The van der Waals surface area contributed by atoms with Crippen LogP contribution in [-0.2, 0) is 6.18 Å². The average molecular weight is 418 g/mol. The van der Waals surface area contributed by atoms with Crippen LogP contribution in [0.25, 0.3) is 22.4 Å². The van der Waals surface area contributed by atoms with Gasteiger partial charge < -0.3 is 0 Å². The topological polar surface area (TPSA) is 12.9 Å². The van der Waals surface area contributed by atoms with E-state index in [9.17, 15) is 13.2 Å². The van der Waals surface area contributed by atoms with Gasteiger partial charge in [-0.15, -0.1) is 0 Å². The molecular formula is C21H15BrF3N. The van der Waals surface area contributed by atoms with Crippen LogP contribution >= 0.6 is 15.9 Å². The standard InChI is InChI=1S/C21H15BrF3N/c22-18-3-1-2-15(10-18)20-12-16(11-19(26-20)14-4-5-14)13-6-8-17(9-7-13)21(23,24)25/h1-3,6-12,14H,4-5H2. The van der Waals surface area contributed by atoms with E-state index in [1.165, 1.54) is 12.1 Å². The predicted molar refractivity (Wildman–Crippen MR) is 99.8 cm³/mol. The second-order valence-electron chi connectivity index (χ2n) is 6.53. The molecule has 1 saturated carbocycles. The van der Waals surface area contributed by atoms with Crippen LogP contribution in [0.3, 0.4) is 0 Å². The molecule has 0 unspecified atom stereocenters. The Morgan fingerprint density at radius 1 is 0.846 bits per heavy atom. The van der Waals surface area contributed by atoms with Crippen LogP contribution in [-0.4, -0.2) is 4.98 Å². The van der Waals surface area contributed by atoms with Gasteiger partial charge in [0.15, 0.2) is 0 Å². The number of hydrogen-bond donors (Lipinski definition) is 0. The van der Waals surface area contributed by atoms with Gasteiger partial charge in [0.1, 0.15) is 0 Å². The lowest BCUT2D eigenvalue weighted by molar-refractivity contribution is -0.137. The first-order valence-electron chi connectivity index (χ1n) is 8.36. The number of nitrogens with zero attached hydrogens (tertiary/aromatic N) is 1. The zero-order valence-electron chi connectivity index (χ0n) is 13.7. The van der Waals surface area contributed by atoms with E-state index in [2.05, 4.69) is 15.9 Å². The lowest BCUT2D eigenvalue weighted by Gasteiger charge is -2.11. The Bertz CT molecular complexity index is 944. The minimum atomic E-state index is -4.32. The van der Waals surface area contributed by atoms with E-state index in [1.807, 2.05) is 36.4 Å². The molecule has 1 nitrogen and oxygen atoms in total. The van der Waals surface area contributed by atoms with Gasteiger partial charge >= 0.3 is 6.18 Å². The molecule has 26 heavy (non-hydrogen) atoms. The van der Waals surface area contributed by atoms with Gasteiger partial charge in [0.2, 0.25) is 0 Å². The Morgan fingerprint density at radius 3 is 2.19 bits per heavy atom. The molecule has 2 aromatic carbocycles. The van der Waals surface area contributed by atoms with E-state index in [0.717, 1.165) is 57.5 Å². The molecule has 1 aromatic heterocycles. The van der Waals surface area contributed by atoms with Gasteiger partial charge in [0.05, 0.1) is 11.3 Å². The molecule has 3 aromatic rings. The highest BCUT2D eigenvalue weighted by Crippen LogP contribution is 2.41. The summed E-state index contributed by atoms with van der Waals surface area (Å²) < 4.78 is 39.4. The van der Waals surface area contributed by atoms with Crippen LogP contribution in [0.2, 0.25) is 0 Å². The molecule has 0 aliphatic heterocycles. The smallest absolute Gasteiger partial charge is 0.253 e. The molecule has 0 amide bonds. The van der Waals surface area contributed by atoms with Crippen molar-refractivity contribution in [3.8, 4) is 22.4 Å². The number of rotatable bonds is 3. The molecule has 0 atom stereocenters. The third-order valence-electron chi connectivity index (χ3n) is 4.51. The Morgan fingerprint density at radius 2 is 1.58 bits per heavy atom. The molecular weight excluding hydrogens is 403 g/mol. The molecule has 0 bridgehead atoms. The number of halogens is 4. The normalized spacial score (nSPS) is 14.5. The van der Waals surface area contributed by atoms with Crippen LogP contribution in [0.15, 0.2) is 65.1 Å². The van der Waals surface area contributed by atoms with Crippen LogP contribution in [0.5, 0.6) is 0 Å². The van der Waals surface area contributed by atoms with Gasteiger partial charge in [0, 0.05) is 21.6 Å². The van der Waals surface area contributed by atoms with Crippen molar-refractivity contribution in [2.45, 2.75) is 24.9 Å². The lowest BCUT2D eigenvalue weighted by atomic mass is 10.00. The summed E-state index contributed by atoms with van der Waals surface area (Å²) in [5, 5.41) is 0. The third-order valence-corrected chi connectivity index (χ3v) is 5.00. The molecule has 0 saturated heterocycles. The second-order valence-corrected chi connectivity index (χ2v) is 7.44. The highest BCUT2D eigenvalue weighted by molar-refractivity contribution is 9.10. The Kier molecular flexibility index (Phi) is 4.35. The van der Waals surface area contributed by atoms with Crippen molar-refractivity contribution < 1.29 is 13.2 Å². The predicted octanol–water partition coefficient (Wildman–Crippen LogP) is 7.07. The van der Waals surface area contributed by atoms with E-state index in [-0.39, 0.29) is 0 Å². The van der Waals surface area contributed by atoms with Crippen molar-refractivity contribution in [2.24, 2.45) is 0 Å². The summed E-state index contributed by atoms with van der Waals surface area (Å²) in [6, 6.07) is 17.1. The molecule has 0 radical (unpaired) electrons. The number of hydrogen-bond acceptors (Lipinski definition) is 1. The molecule has 1 heterocycles. The highest BCUT2D eigenvalue weighted by Gasteiger charge is 2.30. The Balaban J connectivity index is 1.78. The van der Waals surface area contributed by atoms with Gasteiger partial charge in [-0.05, 0) is 60.4 Å². The Hall–Kier alpha value is -2.14. The van der Waals surface area contributed by atoms with Crippen molar-refractivity contribution in [1.29, 1.82) is 0 Å². The number of aromatic nitrogens is 1. The summed E-state index contributed by atoms with van der Waals surface area (Å²) in [5.74, 6) is 0.454. The first-order chi connectivity index (χ1) is 12.4. The minimum absolute atomic E-state index is 0.454. The van der Waals surface area contributed by atoms with E-state index in [0.29, 0.717) is 5.92 Å². The summed E-state index contributed by atoms with van der Waals surface area (Å²) in [7, 11) is 0. The highest BCUT2D eigenvalue weighted by atomic mass is 79.9. The zero-order valence-corrected chi connectivity index (χ0v) is 15.3. The van der Waals surface area contributed by atoms with Crippen molar-refractivity contribution in [3.63, 3.8) is 0 Å². The molecule has 1 aliphatic rings. The van der Waals surface area contributed by atoms with Crippen molar-refractivity contribution in [2.75, 3.05) is 0 Å². The monoisotopic (exact) mass is 417 g/mol. The lowest BCUT2D eigenvalue weighted by Crippen LogP contribution is -2.04. The zero-order chi connectivity index (χ0) is 18.3. The molecule has 1 aliphatic carbocycles. The van der Waals surface area contributed by atoms with E-state index < -0.39 is 11.7 Å². The molecule has 4 rings (SSSR count). The van der Waals surface area contributed by atoms with E-state index >= 15 is 0 Å². The summed E-state index contributed by atoms with van der Waals surface area (Å²) in [4.78, 5) is 4.79. The number of pyridine rings is 1. The number of alkyl halides is 3. The summed E-state index contributed by atoms with van der Waals surface area (Å²) in [6.07, 6.45) is -2.10. The fraction of sp³-hybridized carbons (Fsp3) is 0.190. The van der Waals surface area contributed by atoms with Crippen LogP contribution in [0, 0.1) is 0 Å². The van der Waals surface area contributed by atoms with Crippen LogP contribution < -0.4 is 0 Å². The van der Waals surface area contributed by atoms with E-state index in [1.54, 1.807) is 0 Å². The average Bonchev–Trinajstić information content (AvgIpc) is 3.46. The van der Waals surface area contributed by atoms with Crippen molar-refractivity contribution in [3.05, 3.63) is 76.4 Å². The second kappa shape index (κ2) is 6.54. The van der Waals surface area contributed by atoms with E-state index in [4.69, 9.17) is 4.98 Å². The quantitative estimate of drug-likeness (QED) is 0.443. The summed E-state index contributed by atoms with van der Waals surface area (Å²) >= 11 is 3.47. The van der Waals surface area contributed by atoms with Gasteiger partial charge in [-0.2, -0.15) is 13.2 Å².